The third-order valence-corrected chi connectivity index (χ3v) is 16.5. The highest BCUT2D eigenvalue weighted by molar-refractivity contribution is 7.13. The van der Waals surface area contributed by atoms with Crippen molar-refractivity contribution in [2.24, 2.45) is 0 Å². The predicted molar refractivity (Wildman–Crippen MR) is 204 cm³/mol. The lowest BCUT2D eigenvalue weighted by Gasteiger charge is -2.47. The fourth-order valence-electron chi connectivity index (χ4n) is 7.63. The molecular formula is C39H44ClN5O3SSi. The number of aromatic amines is 1. The number of nitrogens with zero attached hydrogens (tertiary/aromatic N) is 2. The van der Waals surface area contributed by atoms with Gasteiger partial charge in [-0.15, -0.1) is 11.3 Å². The van der Waals surface area contributed by atoms with Gasteiger partial charge < -0.3 is 24.9 Å². The molecule has 1 unspecified atom stereocenters. The van der Waals surface area contributed by atoms with Crippen LogP contribution in [0, 0.1) is 0 Å². The molecule has 0 saturated heterocycles. The summed E-state index contributed by atoms with van der Waals surface area (Å²) in [5, 5.41) is 10.8. The van der Waals surface area contributed by atoms with E-state index in [2.05, 4.69) is 96.9 Å². The summed E-state index contributed by atoms with van der Waals surface area (Å²) in [6, 6.07) is 27.9. The normalized spacial score (nSPS) is 20.0. The molecule has 3 atom stereocenters. The number of halogens is 1. The number of hydrogen-bond donors (Lipinski definition) is 3. The largest absolute Gasteiger partial charge is 0.404 e. The number of rotatable bonds is 8. The van der Waals surface area contributed by atoms with Gasteiger partial charge >= 0.3 is 0 Å². The monoisotopic (exact) mass is 725 g/mol. The van der Waals surface area contributed by atoms with Gasteiger partial charge in [-0.25, -0.2) is 4.98 Å². The Hall–Kier alpha value is -3.80. The van der Waals surface area contributed by atoms with E-state index in [0.717, 1.165) is 47.4 Å². The number of H-pyrrole nitrogens is 1. The van der Waals surface area contributed by atoms with Gasteiger partial charge in [0.2, 0.25) is 0 Å². The Balaban J connectivity index is 1.19. The van der Waals surface area contributed by atoms with E-state index in [9.17, 15) is 9.59 Å². The minimum absolute atomic E-state index is 0.145. The molecule has 11 heteroatoms. The molecule has 0 spiro atoms. The van der Waals surface area contributed by atoms with Crippen molar-refractivity contribution in [2.45, 2.75) is 76.2 Å². The van der Waals surface area contributed by atoms with Gasteiger partial charge in [-0.3, -0.25) is 9.59 Å². The molecule has 2 amide bonds. The van der Waals surface area contributed by atoms with E-state index in [4.69, 9.17) is 21.0 Å². The summed E-state index contributed by atoms with van der Waals surface area (Å²) in [6.07, 6.45) is 2.62. The number of likely N-dealkylation sites (N-methyl/N-ethyl adjacent to an activating group) is 1. The van der Waals surface area contributed by atoms with Crippen molar-refractivity contribution < 1.29 is 14.0 Å². The number of carbonyl (C=O) groups excluding carboxylic acids is 2. The number of nitrogens with one attached hydrogen (secondary N) is 3. The second-order valence-corrected chi connectivity index (χ2v) is 20.4. The summed E-state index contributed by atoms with van der Waals surface area (Å²) in [5.74, 6) is -0.427. The number of amides is 2. The molecule has 1 fully saturated rings. The summed E-state index contributed by atoms with van der Waals surface area (Å²) in [5.41, 5.74) is 2.30. The average molecular weight is 726 g/mol. The maximum Gasteiger partial charge on any atom is 0.280 e. The number of carbonyl (C=O) groups is 2. The number of fused-ring (bicyclic) bond motifs is 2. The third kappa shape index (κ3) is 6.92. The number of aromatic nitrogens is 2. The van der Waals surface area contributed by atoms with E-state index in [1.165, 1.54) is 21.7 Å². The molecule has 50 heavy (non-hydrogen) atoms. The number of benzene rings is 3. The second-order valence-electron chi connectivity index (χ2n) is 14.7. The van der Waals surface area contributed by atoms with E-state index in [-0.39, 0.29) is 35.0 Å². The summed E-state index contributed by atoms with van der Waals surface area (Å²) >= 11 is 7.68. The van der Waals surface area contributed by atoms with Crippen molar-refractivity contribution in [1.82, 2.24) is 25.5 Å². The van der Waals surface area contributed by atoms with E-state index in [1.807, 2.05) is 30.3 Å². The quantitative estimate of drug-likeness (QED) is 0.163. The highest BCUT2D eigenvalue weighted by Crippen LogP contribution is 2.39. The van der Waals surface area contributed by atoms with Crippen LogP contribution in [0.1, 0.15) is 70.9 Å². The minimum Gasteiger partial charge on any atom is -0.404 e. The summed E-state index contributed by atoms with van der Waals surface area (Å²) in [7, 11) is -0.756. The van der Waals surface area contributed by atoms with Crippen molar-refractivity contribution in [1.29, 1.82) is 0 Å². The first-order chi connectivity index (χ1) is 24.0. The fourth-order valence-corrected chi connectivity index (χ4v) is 13.6. The number of thiazole rings is 1. The molecule has 260 valence electrons. The lowest BCUT2D eigenvalue weighted by atomic mass is 9.88. The molecule has 3 aromatic carbocycles. The lowest BCUT2D eigenvalue weighted by Crippen LogP contribution is -2.68. The van der Waals surface area contributed by atoms with Crippen LogP contribution >= 0.6 is 22.9 Å². The molecule has 7 rings (SSSR count). The maximum atomic E-state index is 13.9. The van der Waals surface area contributed by atoms with Crippen LogP contribution < -0.4 is 21.0 Å². The molecule has 1 aliphatic heterocycles. The van der Waals surface area contributed by atoms with E-state index < -0.39 is 8.32 Å². The molecule has 3 N–H and O–H groups in total. The Morgan fingerprint density at radius 3 is 2.30 bits per heavy atom. The van der Waals surface area contributed by atoms with Gasteiger partial charge in [-0.05, 0) is 66.0 Å². The van der Waals surface area contributed by atoms with Crippen molar-refractivity contribution in [3.05, 3.63) is 111 Å². The van der Waals surface area contributed by atoms with E-state index in [1.54, 1.807) is 6.07 Å². The van der Waals surface area contributed by atoms with Gasteiger partial charge in [0.1, 0.15) is 5.69 Å². The van der Waals surface area contributed by atoms with Crippen LogP contribution in [0.3, 0.4) is 0 Å². The van der Waals surface area contributed by atoms with Gasteiger partial charge in [0.25, 0.3) is 20.1 Å². The van der Waals surface area contributed by atoms with Crippen LogP contribution in [-0.4, -0.2) is 66.8 Å². The minimum atomic E-state index is -2.84. The Bertz CT molecular complexity index is 1950. The number of hydrogen-bond acceptors (Lipinski definition) is 6. The molecule has 2 aromatic heterocycles. The SMILES string of the molecule is CN1CCc2nc(C(=O)N[C@@H]3CC(O[Si](c4ccccc4)(c4ccccc4)C(C)(C)C)CC[C@@H]3NC(=O)c3cc4cc(Cl)ccc4[nH]3)sc2C1. The summed E-state index contributed by atoms with van der Waals surface area (Å²) < 4.78 is 7.54. The zero-order chi connectivity index (χ0) is 35.0. The fraction of sp³-hybridized carbons (Fsp3) is 0.359. The third-order valence-electron chi connectivity index (χ3n) is 10.1. The first kappa shape index (κ1) is 34.6. The van der Waals surface area contributed by atoms with Gasteiger partial charge in [-0.2, -0.15) is 0 Å². The van der Waals surface area contributed by atoms with Crippen molar-refractivity contribution in [3.8, 4) is 0 Å². The Labute approximate surface area is 303 Å². The maximum absolute atomic E-state index is 13.9. The van der Waals surface area contributed by atoms with E-state index in [0.29, 0.717) is 28.6 Å². The molecule has 0 bridgehead atoms. The Morgan fingerprint density at radius 2 is 1.62 bits per heavy atom. The zero-order valence-corrected chi connectivity index (χ0v) is 31.5. The van der Waals surface area contributed by atoms with Gasteiger partial charge in [0.15, 0.2) is 5.01 Å². The van der Waals surface area contributed by atoms with Crippen LogP contribution in [-0.2, 0) is 17.4 Å². The molecular weight excluding hydrogens is 682 g/mol. The second kappa shape index (κ2) is 14.1. The molecule has 3 heterocycles. The topological polar surface area (TPSA) is 99.3 Å². The average Bonchev–Trinajstić information content (AvgIpc) is 3.72. The molecule has 1 aliphatic carbocycles. The van der Waals surface area contributed by atoms with Crippen LogP contribution in [0.4, 0.5) is 0 Å². The molecule has 1 saturated carbocycles. The van der Waals surface area contributed by atoms with Crippen LogP contribution in [0.2, 0.25) is 10.1 Å². The molecule has 2 aliphatic rings. The Kier molecular flexibility index (Phi) is 9.75. The van der Waals surface area contributed by atoms with Gasteiger partial charge in [0.05, 0.1) is 11.7 Å². The molecule has 8 nitrogen and oxygen atoms in total. The summed E-state index contributed by atoms with van der Waals surface area (Å²) in [4.78, 5) is 39.0. The standard InChI is InChI=1S/C39H44ClN5O3SSi/c1-39(2,3)50(28-11-7-5-8-12-28,29-13-9-6-10-14-29)48-27-16-18-31(42-36(46)34-22-25-21-26(40)15-17-30(25)41-34)33(23-27)43-37(47)38-44-32-19-20-45(4)24-35(32)49-38/h5-15,17,21-22,27,31,33,41H,16,18-20,23-24H2,1-4H3,(H,42,46)(H,43,47)/t27?,31-,33+/m0/s1. The molecule has 5 aromatic rings. The zero-order valence-electron chi connectivity index (χ0n) is 29.0. The van der Waals surface area contributed by atoms with Crippen LogP contribution in [0.15, 0.2) is 84.9 Å². The van der Waals surface area contributed by atoms with E-state index >= 15 is 0 Å². The van der Waals surface area contributed by atoms with Gasteiger partial charge in [0, 0.05) is 52.5 Å². The van der Waals surface area contributed by atoms with Gasteiger partial charge in [-0.1, -0.05) is 93.0 Å². The first-order valence-corrected chi connectivity index (χ1v) is 20.5. The predicted octanol–water partition coefficient (Wildman–Crippen LogP) is 6.29. The van der Waals surface area contributed by atoms with Crippen molar-refractivity contribution in [2.75, 3.05) is 13.6 Å². The Morgan fingerprint density at radius 1 is 0.940 bits per heavy atom. The van der Waals surface area contributed by atoms with Crippen molar-refractivity contribution >= 4 is 64.3 Å². The highest BCUT2D eigenvalue weighted by atomic mass is 35.5. The highest BCUT2D eigenvalue weighted by Gasteiger charge is 2.52. The van der Waals surface area contributed by atoms with Crippen LogP contribution in [0.5, 0.6) is 0 Å². The molecule has 0 radical (unpaired) electrons. The van der Waals surface area contributed by atoms with Crippen LogP contribution in [0.25, 0.3) is 10.9 Å². The first-order valence-electron chi connectivity index (χ1n) is 17.4. The lowest BCUT2D eigenvalue weighted by molar-refractivity contribution is 0.0747. The van der Waals surface area contributed by atoms with Crippen molar-refractivity contribution in [3.63, 3.8) is 0 Å². The smallest absolute Gasteiger partial charge is 0.280 e. The summed E-state index contributed by atoms with van der Waals surface area (Å²) in [6.45, 7) is 8.56.